The maximum atomic E-state index is 10.6. The van der Waals surface area contributed by atoms with Gasteiger partial charge in [0.1, 0.15) is 0 Å². The van der Waals surface area contributed by atoms with Gasteiger partial charge in [-0.05, 0) is 12.8 Å². The molecule has 1 fully saturated rings. The molecule has 0 aromatic rings. The molecule has 0 aliphatic heterocycles. The van der Waals surface area contributed by atoms with Crippen LogP contribution in [0.5, 0.6) is 0 Å². The van der Waals surface area contributed by atoms with Crippen molar-refractivity contribution < 1.29 is 15.0 Å². The lowest BCUT2D eigenvalue weighted by atomic mass is 9.85. The van der Waals surface area contributed by atoms with Crippen LogP contribution in [-0.4, -0.2) is 34.9 Å². The van der Waals surface area contributed by atoms with E-state index < -0.39 is 17.5 Å². The molecular weight excluding hydrogens is 194 g/mol. The second-order valence-corrected chi connectivity index (χ2v) is 4.66. The molecule has 0 aromatic heterocycles. The Kier molecular flexibility index (Phi) is 4.54. The summed E-state index contributed by atoms with van der Waals surface area (Å²) in [6.45, 7) is 2.61. The van der Waals surface area contributed by atoms with Crippen LogP contribution >= 0.6 is 0 Å². The highest BCUT2D eigenvalue weighted by Gasteiger charge is 2.28. The zero-order valence-corrected chi connectivity index (χ0v) is 9.33. The molecule has 1 aliphatic rings. The van der Waals surface area contributed by atoms with Gasteiger partial charge < -0.3 is 15.5 Å². The Morgan fingerprint density at radius 2 is 2.00 bits per heavy atom. The lowest BCUT2D eigenvalue weighted by Gasteiger charge is -2.32. The monoisotopic (exact) mass is 215 g/mol. The predicted molar refractivity (Wildman–Crippen MR) is 57.7 cm³/mol. The lowest BCUT2D eigenvalue weighted by Crippen LogP contribution is -2.43. The van der Waals surface area contributed by atoms with Crippen LogP contribution in [0.1, 0.15) is 39.0 Å². The lowest BCUT2D eigenvalue weighted by molar-refractivity contribution is -0.141. The van der Waals surface area contributed by atoms with Crippen LogP contribution in [0.25, 0.3) is 0 Å². The summed E-state index contributed by atoms with van der Waals surface area (Å²) in [7, 11) is 0. The van der Waals surface area contributed by atoms with Crippen molar-refractivity contribution in [3.63, 3.8) is 0 Å². The maximum absolute atomic E-state index is 10.6. The van der Waals surface area contributed by atoms with Crippen molar-refractivity contribution in [3.05, 3.63) is 0 Å². The maximum Gasteiger partial charge on any atom is 0.307 e. The third-order valence-corrected chi connectivity index (χ3v) is 3.11. The average molecular weight is 215 g/mol. The fourth-order valence-electron chi connectivity index (χ4n) is 2.00. The SMILES string of the molecule is CC(CNCC1(O)CCCCC1)C(=O)O. The van der Waals surface area contributed by atoms with E-state index in [0.29, 0.717) is 13.1 Å². The number of rotatable bonds is 5. The van der Waals surface area contributed by atoms with Crippen LogP contribution in [0.2, 0.25) is 0 Å². The molecule has 1 atom stereocenters. The van der Waals surface area contributed by atoms with Gasteiger partial charge in [-0.1, -0.05) is 26.2 Å². The molecule has 88 valence electrons. The van der Waals surface area contributed by atoms with E-state index in [-0.39, 0.29) is 0 Å². The number of carboxylic acid groups (broad SMARTS) is 1. The van der Waals surface area contributed by atoms with E-state index in [0.717, 1.165) is 25.7 Å². The van der Waals surface area contributed by atoms with Crippen LogP contribution in [-0.2, 0) is 4.79 Å². The Labute approximate surface area is 90.7 Å². The summed E-state index contributed by atoms with van der Waals surface area (Å²) in [5.41, 5.74) is -0.601. The van der Waals surface area contributed by atoms with Gasteiger partial charge in [-0.2, -0.15) is 0 Å². The predicted octanol–water partition coefficient (Wildman–Crippen LogP) is 0.992. The summed E-state index contributed by atoms with van der Waals surface area (Å²) in [4.78, 5) is 10.6. The van der Waals surface area contributed by atoms with E-state index in [1.807, 2.05) is 0 Å². The van der Waals surface area contributed by atoms with Gasteiger partial charge in [-0.15, -0.1) is 0 Å². The topological polar surface area (TPSA) is 69.6 Å². The molecule has 1 rings (SSSR count). The third-order valence-electron chi connectivity index (χ3n) is 3.11. The highest BCUT2D eigenvalue weighted by molar-refractivity contribution is 5.69. The number of hydrogen-bond acceptors (Lipinski definition) is 3. The molecule has 15 heavy (non-hydrogen) atoms. The summed E-state index contributed by atoms with van der Waals surface area (Å²) in [6.07, 6.45) is 5.02. The molecule has 1 unspecified atom stereocenters. The average Bonchev–Trinajstić information content (AvgIpc) is 2.18. The van der Waals surface area contributed by atoms with Gasteiger partial charge in [0.25, 0.3) is 0 Å². The van der Waals surface area contributed by atoms with Crippen molar-refractivity contribution in [2.45, 2.75) is 44.6 Å². The molecule has 0 saturated heterocycles. The first-order chi connectivity index (χ1) is 7.03. The van der Waals surface area contributed by atoms with Crippen LogP contribution in [0.15, 0.2) is 0 Å². The Bertz CT molecular complexity index is 212. The highest BCUT2D eigenvalue weighted by atomic mass is 16.4. The largest absolute Gasteiger partial charge is 0.481 e. The van der Waals surface area contributed by atoms with Crippen molar-refractivity contribution in [2.24, 2.45) is 5.92 Å². The minimum Gasteiger partial charge on any atom is -0.481 e. The zero-order valence-electron chi connectivity index (χ0n) is 9.33. The van der Waals surface area contributed by atoms with E-state index in [9.17, 15) is 9.90 Å². The van der Waals surface area contributed by atoms with E-state index in [4.69, 9.17) is 5.11 Å². The molecule has 0 bridgehead atoms. The summed E-state index contributed by atoms with van der Waals surface area (Å²) >= 11 is 0. The van der Waals surface area contributed by atoms with E-state index in [2.05, 4.69) is 5.32 Å². The Morgan fingerprint density at radius 1 is 1.40 bits per heavy atom. The molecule has 0 aromatic carbocycles. The van der Waals surface area contributed by atoms with Gasteiger partial charge in [0.15, 0.2) is 0 Å². The quantitative estimate of drug-likeness (QED) is 0.639. The molecule has 0 radical (unpaired) electrons. The summed E-state index contributed by atoms with van der Waals surface area (Å²) < 4.78 is 0. The summed E-state index contributed by atoms with van der Waals surface area (Å²) in [6, 6.07) is 0. The number of aliphatic hydroxyl groups is 1. The van der Waals surface area contributed by atoms with Crippen molar-refractivity contribution >= 4 is 5.97 Å². The van der Waals surface area contributed by atoms with Crippen molar-refractivity contribution in [1.29, 1.82) is 0 Å². The third kappa shape index (κ3) is 4.18. The standard InChI is InChI=1S/C11H21NO3/c1-9(10(13)14)7-12-8-11(15)5-3-2-4-6-11/h9,12,15H,2-8H2,1H3,(H,13,14). The second-order valence-electron chi connectivity index (χ2n) is 4.66. The second kappa shape index (κ2) is 5.47. The molecule has 4 nitrogen and oxygen atoms in total. The molecule has 4 heteroatoms. The number of hydrogen-bond donors (Lipinski definition) is 3. The van der Waals surface area contributed by atoms with Gasteiger partial charge in [-0.25, -0.2) is 0 Å². The summed E-state index contributed by atoms with van der Waals surface area (Å²) in [5, 5.41) is 21.8. The Balaban J connectivity index is 2.21. The first-order valence-corrected chi connectivity index (χ1v) is 5.69. The van der Waals surface area contributed by atoms with Gasteiger partial charge >= 0.3 is 5.97 Å². The van der Waals surface area contributed by atoms with Crippen molar-refractivity contribution in [1.82, 2.24) is 5.32 Å². The molecule has 0 amide bonds. The van der Waals surface area contributed by atoms with Crippen LogP contribution < -0.4 is 5.32 Å². The fraction of sp³-hybridized carbons (Fsp3) is 0.909. The number of carboxylic acids is 1. The van der Waals surface area contributed by atoms with Crippen LogP contribution in [0.3, 0.4) is 0 Å². The highest BCUT2D eigenvalue weighted by Crippen LogP contribution is 2.27. The minimum absolute atomic E-state index is 0.391. The van der Waals surface area contributed by atoms with Gasteiger partial charge in [0, 0.05) is 13.1 Å². The molecule has 3 N–H and O–H groups in total. The van der Waals surface area contributed by atoms with E-state index >= 15 is 0 Å². The van der Waals surface area contributed by atoms with Gasteiger partial charge in [-0.3, -0.25) is 4.79 Å². The first kappa shape index (κ1) is 12.5. The van der Waals surface area contributed by atoms with Crippen molar-refractivity contribution in [3.8, 4) is 0 Å². The normalized spacial score (nSPS) is 22.3. The number of aliphatic carboxylic acids is 1. The van der Waals surface area contributed by atoms with E-state index in [1.54, 1.807) is 6.92 Å². The Morgan fingerprint density at radius 3 is 2.53 bits per heavy atom. The van der Waals surface area contributed by atoms with Gasteiger partial charge in [0.2, 0.25) is 0 Å². The van der Waals surface area contributed by atoms with Crippen LogP contribution in [0, 0.1) is 5.92 Å². The molecular formula is C11H21NO3. The first-order valence-electron chi connectivity index (χ1n) is 5.69. The smallest absolute Gasteiger partial charge is 0.307 e. The molecule has 1 aliphatic carbocycles. The molecule has 0 heterocycles. The summed E-state index contributed by atoms with van der Waals surface area (Å²) in [5.74, 6) is -1.18. The zero-order chi connectivity index (χ0) is 11.3. The molecule has 0 spiro atoms. The van der Waals surface area contributed by atoms with E-state index in [1.165, 1.54) is 6.42 Å². The number of nitrogens with one attached hydrogen (secondary N) is 1. The molecule has 1 saturated carbocycles. The Hall–Kier alpha value is -0.610. The van der Waals surface area contributed by atoms with Gasteiger partial charge in [0.05, 0.1) is 11.5 Å². The minimum atomic E-state index is -0.793. The van der Waals surface area contributed by atoms with Crippen molar-refractivity contribution in [2.75, 3.05) is 13.1 Å². The number of carbonyl (C=O) groups is 1. The van der Waals surface area contributed by atoms with Crippen LogP contribution in [0.4, 0.5) is 0 Å². The fourth-order valence-corrected chi connectivity index (χ4v) is 2.00.